The third-order valence-corrected chi connectivity index (χ3v) is 8.91. The molecule has 3 aliphatic rings. The van der Waals surface area contributed by atoms with Crippen molar-refractivity contribution in [2.24, 2.45) is 0 Å². The summed E-state index contributed by atoms with van der Waals surface area (Å²) in [6.07, 6.45) is -10.6. The molecule has 3 fully saturated rings. The van der Waals surface area contributed by atoms with Crippen LogP contribution in [0.3, 0.4) is 0 Å². The van der Waals surface area contributed by atoms with Gasteiger partial charge in [0.25, 0.3) is 0 Å². The molecule has 0 amide bonds. The SMILES string of the molecule is CO[C@@H]1O[C@H](CO[C@H]2O[C@H](COC(C)=O)[C@H](OC(C)=O)[C@@H]3OC(=O)O[C@@H]23)[C@@H](OCc2ccccc2)[C@H](OCc2ccccc2)[C@H]1OCc1ccccc1. The van der Waals surface area contributed by atoms with Crippen LogP contribution in [0.25, 0.3) is 0 Å². The van der Waals surface area contributed by atoms with Crippen molar-refractivity contribution < 1.29 is 66.5 Å². The molecular formula is C39H44O14. The molecule has 3 heterocycles. The molecule has 6 rings (SSSR count). The number of esters is 2. The molecule has 3 aliphatic heterocycles. The Hall–Kier alpha value is -4.41. The predicted molar refractivity (Wildman–Crippen MR) is 183 cm³/mol. The molecule has 0 radical (unpaired) electrons. The summed E-state index contributed by atoms with van der Waals surface area (Å²) in [6.45, 7) is 2.67. The van der Waals surface area contributed by atoms with E-state index in [1.165, 1.54) is 21.0 Å². The van der Waals surface area contributed by atoms with Crippen LogP contribution in [0.2, 0.25) is 0 Å². The number of carbonyl (C=O) groups excluding carboxylic acids is 3. The summed E-state index contributed by atoms with van der Waals surface area (Å²) in [5.41, 5.74) is 2.81. The van der Waals surface area contributed by atoms with Crippen molar-refractivity contribution in [1.82, 2.24) is 0 Å². The minimum absolute atomic E-state index is 0.167. The topological polar surface area (TPSA) is 153 Å². The third-order valence-electron chi connectivity index (χ3n) is 8.91. The maximum Gasteiger partial charge on any atom is 0.509 e. The van der Waals surface area contributed by atoms with Gasteiger partial charge in [-0.1, -0.05) is 91.0 Å². The van der Waals surface area contributed by atoms with Crippen molar-refractivity contribution in [2.75, 3.05) is 20.3 Å². The van der Waals surface area contributed by atoms with E-state index >= 15 is 0 Å². The van der Waals surface area contributed by atoms with E-state index < -0.39 is 79.5 Å². The van der Waals surface area contributed by atoms with Gasteiger partial charge in [0.15, 0.2) is 30.9 Å². The maximum atomic E-state index is 12.4. The summed E-state index contributed by atoms with van der Waals surface area (Å²) < 4.78 is 66.0. The fraction of sp³-hybridized carbons (Fsp3) is 0.462. The lowest BCUT2D eigenvalue weighted by Gasteiger charge is -2.46. The van der Waals surface area contributed by atoms with Crippen LogP contribution in [0, 0.1) is 0 Å². The second-order valence-electron chi connectivity index (χ2n) is 12.7. The van der Waals surface area contributed by atoms with Crippen LogP contribution in [-0.4, -0.2) is 99.8 Å². The number of benzene rings is 3. The molecule has 284 valence electrons. The molecule has 3 aromatic carbocycles. The number of hydrogen-bond donors (Lipinski definition) is 0. The first-order chi connectivity index (χ1) is 25.8. The van der Waals surface area contributed by atoms with Gasteiger partial charge in [0, 0.05) is 21.0 Å². The lowest BCUT2D eigenvalue weighted by molar-refractivity contribution is -0.336. The van der Waals surface area contributed by atoms with Gasteiger partial charge in [-0.15, -0.1) is 0 Å². The van der Waals surface area contributed by atoms with E-state index in [1.807, 2.05) is 91.0 Å². The maximum absolute atomic E-state index is 12.4. The number of carbonyl (C=O) groups is 3. The lowest BCUT2D eigenvalue weighted by atomic mass is 9.97. The molecule has 0 spiro atoms. The molecule has 0 unspecified atom stereocenters. The van der Waals surface area contributed by atoms with Crippen molar-refractivity contribution in [1.29, 1.82) is 0 Å². The van der Waals surface area contributed by atoms with E-state index in [0.29, 0.717) is 0 Å². The molecule has 53 heavy (non-hydrogen) atoms. The number of methoxy groups -OCH3 is 1. The Morgan fingerprint density at radius 2 is 1.06 bits per heavy atom. The number of rotatable bonds is 16. The van der Waals surface area contributed by atoms with E-state index in [9.17, 15) is 14.4 Å². The van der Waals surface area contributed by atoms with Crippen LogP contribution in [0.1, 0.15) is 30.5 Å². The average molecular weight is 737 g/mol. The van der Waals surface area contributed by atoms with Gasteiger partial charge in [0.2, 0.25) is 0 Å². The summed E-state index contributed by atoms with van der Waals surface area (Å²) >= 11 is 0. The normalized spacial score (nSPS) is 29.4. The first kappa shape index (κ1) is 38.3. The van der Waals surface area contributed by atoms with Crippen LogP contribution < -0.4 is 0 Å². The summed E-state index contributed by atoms with van der Waals surface area (Å²) in [5.74, 6) is -1.24. The van der Waals surface area contributed by atoms with Gasteiger partial charge < -0.3 is 52.1 Å². The smallest absolute Gasteiger partial charge is 0.463 e. The van der Waals surface area contributed by atoms with Gasteiger partial charge >= 0.3 is 18.1 Å². The number of fused-ring (bicyclic) bond motifs is 1. The van der Waals surface area contributed by atoms with E-state index in [-0.39, 0.29) is 33.0 Å². The fourth-order valence-electron chi connectivity index (χ4n) is 6.45. The van der Waals surface area contributed by atoms with Crippen LogP contribution >= 0.6 is 0 Å². The first-order valence-electron chi connectivity index (χ1n) is 17.4. The second-order valence-corrected chi connectivity index (χ2v) is 12.7. The van der Waals surface area contributed by atoms with Crippen molar-refractivity contribution in [2.45, 2.75) is 95.1 Å². The highest BCUT2D eigenvalue weighted by atomic mass is 16.8. The van der Waals surface area contributed by atoms with E-state index in [2.05, 4.69) is 0 Å². The average Bonchev–Trinajstić information content (AvgIpc) is 3.57. The molecule has 14 nitrogen and oxygen atoms in total. The lowest BCUT2D eigenvalue weighted by Crippen LogP contribution is -2.63. The van der Waals surface area contributed by atoms with Gasteiger partial charge in [0.1, 0.15) is 37.1 Å². The summed E-state index contributed by atoms with van der Waals surface area (Å²) in [4.78, 5) is 36.1. The van der Waals surface area contributed by atoms with Crippen LogP contribution in [0.5, 0.6) is 0 Å². The minimum atomic E-state index is -1.24. The Morgan fingerprint density at radius 3 is 1.58 bits per heavy atom. The van der Waals surface area contributed by atoms with Crippen LogP contribution in [-0.2, 0) is 81.5 Å². The summed E-state index contributed by atoms with van der Waals surface area (Å²) in [5, 5.41) is 0. The molecule has 0 aliphatic carbocycles. The minimum Gasteiger partial charge on any atom is -0.463 e. The molecule has 10 atom stereocenters. The van der Waals surface area contributed by atoms with Crippen molar-refractivity contribution in [3.05, 3.63) is 108 Å². The zero-order valence-electron chi connectivity index (χ0n) is 29.7. The Labute approximate surface area is 307 Å². The van der Waals surface area contributed by atoms with Crippen molar-refractivity contribution in [3.8, 4) is 0 Å². The van der Waals surface area contributed by atoms with Crippen molar-refractivity contribution >= 4 is 18.1 Å². The molecule has 0 aromatic heterocycles. The van der Waals surface area contributed by atoms with Gasteiger partial charge in [-0.3, -0.25) is 9.59 Å². The van der Waals surface area contributed by atoms with E-state index in [0.717, 1.165) is 16.7 Å². The number of ether oxygens (including phenoxy) is 11. The molecule has 0 saturated carbocycles. The second kappa shape index (κ2) is 18.6. The molecule has 14 heteroatoms. The quantitative estimate of drug-likeness (QED) is 0.152. The largest absolute Gasteiger partial charge is 0.509 e. The third kappa shape index (κ3) is 10.2. The monoisotopic (exact) mass is 736 g/mol. The standard InChI is InChI=1S/C39H44O14/c1-24(40)44-22-30-32(49-25(2)41)34-36(53-39(42)52-34)38(51-30)48-23-29-31(45-19-26-13-7-4-8-14-26)33(46-20-27-15-9-5-10-16-27)35(37(43-3)50-29)47-21-28-17-11-6-12-18-28/h4-18,29-38H,19-23H2,1-3H3/t29-,30-,31-,32+,33+,34+,35-,36-,37-,38+/m1/s1. The summed E-state index contributed by atoms with van der Waals surface area (Å²) in [7, 11) is 1.51. The molecule has 3 aromatic rings. The first-order valence-corrected chi connectivity index (χ1v) is 17.4. The van der Waals surface area contributed by atoms with Gasteiger partial charge in [0.05, 0.1) is 26.4 Å². The highest BCUT2D eigenvalue weighted by Crippen LogP contribution is 2.36. The Bertz CT molecular complexity index is 1610. The predicted octanol–water partition coefficient (Wildman–Crippen LogP) is 4.25. The Kier molecular flexibility index (Phi) is 13.4. The highest BCUT2D eigenvalue weighted by Gasteiger charge is 2.57. The molecule has 0 N–H and O–H groups in total. The summed E-state index contributed by atoms with van der Waals surface area (Å²) in [6, 6.07) is 29.1. The Morgan fingerprint density at radius 1 is 0.566 bits per heavy atom. The zero-order chi connectivity index (χ0) is 37.2. The Balaban J connectivity index is 1.27. The van der Waals surface area contributed by atoms with Crippen LogP contribution in [0.15, 0.2) is 91.0 Å². The van der Waals surface area contributed by atoms with E-state index in [4.69, 9.17) is 52.1 Å². The van der Waals surface area contributed by atoms with Gasteiger partial charge in [-0.25, -0.2) is 4.79 Å². The number of hydrogen-bond acceptors (Lipinski definition) is 14. The molecule has 3 saturated heterocycles. The van der Waals surface area contributed by atoms with Crippen molar-refractivity contribution in [3.63, 3.8) is 0 Å². The fourth-order valence-corrected chi connectivity index (χ4v) is 6.45. The molecule has 0 bridgehead atoms. The zero-order valence-corrected chi connectivity index (χ0v) is 29.7. The van der Waals surface area contributed by atoms with Gasteiger partial charge in [-0.2, -0.15) is 0 Å². The molecular weight excluding hydrogens is 692 g/mol. The van der Waals surface area contributed by atoms with Crippen LogP contribution in [0.4, 0.5) is 4.79 Å². The van der Waals surface area contributed by atoms with E-state index in [1.54, 1.807) is 0 Å². The van der Waals surface area contributed by atoms with Gasteiger partial charge in [-0.05, 0) is 16.7 Å². The highest BCUT2D eigenvalue weighted by molar-refractivity contribution is 5.67.